The number of hydrogen-bond donors (Lipinski definition) is 0. The van der Waals surface area contributed by atoms with Crippen molar-refractivity contribution in [1.82, 2.24) is 0 Å². The van der Waals surface area contributed by atoms with Crippen molar-refractivity contribution in [3.05, 3.63) is 23.8 Å². The number of hydrogen-bond acceptors (Lipinski definition) is 0. The lowest BCUT2D eigenvalue weighted by Gasteiger charge is -2.08. The zero-order chi connectivity index (χ0) is 8.36. The van der Waals surface area contributed by atoms with E-state index < -0.39 is 11.7 Å². The molecule has 0 fully saturated rings. The Balaban J connectivity index is 4.39. The largest absolute Gasteiger partial charge is 0.416 e. The Morgan fingerprint density at radius 2 is 1.80 bits per heavy atom. The fraction of sp³-hybridized carbons (Fsp3) is 0.429. The van der Waals surface area contributed by atoms with Gasteiger partial charge in [0.2, 0.25) is 0 Å². The molecule has 0 aromatic heterocycles. The van der Waals surface area contributed by atoms with Gasteiger partial charge in [-0.25, -0.2) is 0 Å². The minimum Gasteiger partial charge on any atom is -0.166 e. The highest BCUT2D eigenvalue weighted by atomic mass is 19.4. The molecule has 0 aromatic carbocycles. The maximum absolute atomic E-state index is 11.7. The van der Waals surface area contributed by atoms with Crippen molar-refractivity contribution < 1.29 is 13.2 Å². The monoisotopic (exact) mass is 150 g/mol. The van der Waals surface area contributed by atoms with Gasteiger partial charge in [0.25, 0.3) is 0 Å². The maximum Gasteiger partial charge on any atom is 0.416 e. The highest BCUT2D eigenvalue weighted by Gasteiger charge is 2.32. The molecule has 58 valence electrons. The molecule has 0 rings (SSSR count). The van der Waals surface area contributed by atoms with E-state index in [2.05, 4.69) is 6.58 Å². The second-order valence-corrected chi connectivity index (χ2v) is 1.95. The summed E-state index contributed by atoms with van der Waals surface area (Å²) >= 11 is 0. The lowest BCUT2D eigenvalue weighted by Crippen LogP contribution is -2.11. The third-order valence-corrected chi connectivity index (χ3v) is 1.25. The van der Waals surface area contributed by atoms with Crippen LogP contribution in [0.15, 0.2) is 23.8 Å². The van der Waals surface area contributed by atoms with Crippen molar-refractivity contribution in [3.8, 4) is 0 Å². The van der Waals surface area contributed by atoms with E-state index in [1.165, 1.54) is 13.0 Å². The molecule has 0 aliphatic heterocycles. The van der Waals surface area contributed by atoms with Gasteiger partial charge in [-0.2, -0.15) is 13.2 Å². The first-order valence-corrected chi connectivity index (χ1v) is 2.79. The average molecular weight is 150 g/mol. The number of allylic oxidation sites excluding steroid dienone is 3. The molecule has 0 aliphatic rings. The Hall–Kier alpha value is -0.730. The molecule has 0 unspecified atom stereocenters. The molecule has 0 N–H and O–H groups in total. The van der Waals surface area contributed by atoms with E-state index in [0.29, 0.717) is 0 Å². The van der Waals surface area contributed by atoms with Crippen molar-refractivity contribution in [1.29, 1.82) is 0 Å². The van der Waals surface area contributed by atoms with Crippen LogP contribution in [0.5, 0.6) is 0 Å². The van der Waals surface area contributed by atoms with Crippen LogP contribution in [-0.4, -0.2) is 6.18 Å². The Kier molecular flexibility index (Phi) is 2.69. The minimum atomic E-state index is -4.28. The number of halogens is 3. The first kappa shape index (κ1) is 9.27. The molecule has 0 saturated carbocycles. The quantitative estimate of drug-likeness (QED) is 0.504. The summed E-state index contributed by atoms with van der Waals surface area (Å²) in [4.78, 5) is 0. The van der Waals surface area contributed by atoms with E-state index in [1.807, 2.05) is 0 Å². The maximum atomic E-state index is 11.7. The molecule has 3 heteroatoms. The Bertz CT molecular complexity index is 162. The molecular weight excluding hydrogens is 141 g/mol. The molecule has 0 atom stereocenters. The van der Waals surface area contributed by atoms with E-state index in [9.17, 15) is 13.2 Å². The molecule has 0 bridgehead atoms. The highest BCUT2D eigenvalue weighted by Crippen LogP contribution is 2.28. The van der Waals surface area contributed by atoms with Crippen LogP contribution >= 0.6 is 0 Å². The SMILES string of the molecule is C=C(/C(C)=C/C)C(F)(F)F. The third kappa shape index (κ3) is 2.25. The van der Waals surface area contributed by atoms with Gasteiger partial charge in [0.05, 0.1) is 5.57 Å². The van der Waals surface area contributed by atoms with Crippen molar-refractivity contribution in [2.24, 2.45) is 0 Å². The number of alkyl halides is 3. The molecule has 0 amide bonds. The summed E-state index contributed by atoms with van der Waals surface area (Å²) in [6, 6.07) is 0. The summed E-state index contributed by atoms with van der Waals surface area (Å²) in [5, 5.41) is 0. The molecular formula is C7H9F3. The second-order valence-electron chi connectivity index (χ2n) is 1.95. The molecule has 0 saturated heterocycles. The summed E-state index contributed by atoms with van der Waals surface area (Å²) in [6.07, 6.45) is -2.90. The highest BCUT2D eigenvalue weighted by molar-refractivity contribution is 5.29. The predicted molar refractivity (Wildman–Crippen MR) is 34.6 cm³/mol. The summed E-state index contributed by atoms with van der Waals surface area (Å²) in [5.41, 5.74) is -0.595. The lowest BCUT2D eigenvalue weighted by molar-refractivity contribution is -0.0889. The fourth-order valence-corrected chi connectivity index (χ4v) is 0.398. The van der Waals surface area contributed by atoms with Gasteiger partial charge in [-0.3, -0.25) is 0 Å². The zero-order valence-electron chi connectivity index (χ0n) is 5.92. The van der Waals surface area contributed by atoms with Gasteiger partial charge >= 0.3 is 6.18 Å². The first-order chi connectivity index (χ1) is 4.39. The van der Waals surface area contributed by atoms with Gasteiger partial charge in [-0.15, -0.1) is 0 Å². The van der Waals surface area contributed by atoms with E-state index in [1.54, 1.807) is 6.92 Å². The molecule has 0 heterocycles. The molecule has 0 aliphatic carbocycles. The Morgan fingerprint density at radius 1 is 1.40 bits per heavy atom. The van der Waals surface area contributed by atoms with Gasteiger partial charge in [0, 0.05) is 0 Å². The Morgan fingerprint density at radius 3 is 1.90 bits per heavy atom. The molecule has 0 spiro atoms. The minimum absolute atomic E-state index is 0.174. The van der Waals surface area contributed by atoms with Crippen molar-refractivity contribution in [2.45, 2.75) is 20.0 Å². The molecule has 0 nitrogen and oxygen atoms in total. The normalized spacial score (nSPS) is 13.5. The van der Waals surface area contributed by atoms with E-state index in [-0.39, 0.29) is 5.57 Å². The summed E-state index contributed by atoms with van der Waals surface area (Å²) in [5.74, 6) is 0. The van der Waals surface area contributed by atoms with Crippen molar-refractivity contribution in [2.75, 3.05) is 0 Å². The van der Waals surface area contributed by atoms with Crippen LogP contribution in [0.3, 0.4) is 0 Å². The topological polar surface area (TPSA) is 0 Å². The predicted octanol–water partition coefficient (Wildman–Crippen LogP) is 3.07. The lowest BCUT2D eigenvalue weighted by atomic mass is 10.1. The van der Waals surface area contributed by atoms with Crippen LogP contribution in [0.4, 0.5) is 13.2 Å². The second kappa shape index (κ2) is 2.90. The van der Waals surface area contributed by atoms with Crippen LogP contribution in [0, 0.1) is 0 Å². The van der Waals surface area contributed by atoms with Crippen LogP contribution in [0.25, 0.3) is 0 Å². The first-order valence-electron chi connectivity index (χ1n) is 2.79. The fourth-order valence-electron chi connectivity index (χ4n) is 0.398. The van der Waals surface area contributed by atoms with Crippen molar-refractivity contribution >= 4 is 0 Å². The van der Waals surface area contributed by atoms with Crippen LogP contribution < -0.4 is 0 Å². The Labute approximate surface area is 58.0 Å². The third-order valence-electron chi connectivity index (χ3n) is 1.25. The van der Waals surface area contributed by atoms with Crippen LogP contribution in [0.1, 0.15) is 13.8 Å². The van der Waals surface area contributed by atoms with E-state index in [4.69, 9.17) is 0 Å². The molecule has 0 aromatic rings. The number of rotatable bonds is 1. The van der Waals surface area contributed by atoms with Gasteiger partial charge in [0.15, 0.2) is 0 Å². The summed E-state index contributed by atoms with van der Waals surface area (Å²) in [7, 11) is 0. The van der Waals surface area contributed by atoms with Crippen LogP contribution in [0.2, 0.25) is 0 Å². The standard InChI is InChI=1S/C7H9F3/c1-4-5(2)6(3)7(8,9)10/h4H,3H2,1-2H3/b5-4+. The zero-order valence-corrected chi connectivity index (χ0v) is 5.92. The van der Waals surface area contributed by atoms with E-state index >= 15 is 0 Å². The van der Waals surface area contributed by atoms with Gasteiger partial charge in [-0.05, 0) is 19.4 Å². The summed E-state index contributed by atoms with van der Waals surface area (Å²) in [6.45, 7) is 5.84. The van der Waals surface area contributed by atoms with Crippen LogP contribution in [-0.2, 0) is 0 Å². The van der Waals surface area contributed by atoms with Gasteiger partial charge in [-0.1, -0.05) is 12.7 Å². The van der Waals surface area contributed by atoms with Gasteiger partial charge in [0.1, 0.15) is 0 Å². The van der Waals surface area contributed by atoms with Gasteiger partial charge < -0.3 is 0 Å². The summed E-state index contributed by atoms with van der Waals surface area (Å²) < 4.78 is 35.2. The molecule has 0 radical (unpaired) electrons. The molecule has 10 heavy (non-hydrogen) atoms. The smallest absolute Gasteiger partial charge is 0.166 e. The van der Waals surface area contributed by atoms with Crippen molar-refractivity contribution in [3.63, 3.8) is 0 Å². The van der Waals surface area contributed by atoms with E-state index in [0.717, 1.165) is 0 Å². The average Bonchev–Trinajstić information content (AvgIpc) is 1.83.